The number of benzene rings is 8. The highest BCUT2D eigenvalue weighted by molar-refractivity contribution is 7.26. The molecule has 10 rings (SSSR count). The maximum atomic E-state index is 9.63. The molecule has 0 amide bonds. The SMILES string of the molecule is [2H]c1c([2H])c([2H])c(-c2c([2H])c([2H])c([2H])c3c([2H])c(-c4c([2H])c([2H])c(N(c5ccc6c(c5)oc5ccccc56)c5cccc6c5sc5ccccc56)c([2H])c4[2H])c([2H])c([2H])c23)c([2H])c1[2H]. The molecule has 0 saturated carbocycles. The van der Waals surface area contributed by atoms with E-state index in [0.717, 1.165) is 30.9 Å². The van der Waals surface area contributed by atoms with Crippen molar-refractivity contribution in [3.63, 3.8) is 0 Å². The summed E-state index contributed by atoms with van der Waals surface area (Å²) in [6.45, 7) is 0. The maximum absolute atomic E-state index is 9.63. The van der Waals surface area contributed by atoms with Gasteiger partial charge in [0.15, 0.2) is 0 Å². The lowest BCUT2D eigenvalue weighted by Gasteiger charge is -2.26. The maximum Gasteiger partial charge on any atom is 0.137 e. The van der Waals surface area contributed by atoms with E-state index in [1.165, 1.54) is 11.3 Å². The average Bonchev–Trinajstić information content (AvgIpc) is 3.87. The third kappa shape index (κ3) is 4.62. The summed E-state index contributed by atoms with van der Waals surface area (Å²) in [5.41, 5.74) is -0.182. The van der Waals surface area contributed by atoms with Gasteiger partial charge in [-0.2, -0.15) is 0 Å². The molecule has 0 atom stereocenters. The second kappa shape index (κ2) is 11.2. The van der Waals surface area contributed by atoms with Crippen molar-refractivity contribution in [1.29, 1.82) is 0 Å². The van der Waals surface area contributed by atoms with Gasteiger partial charge in [0.05, 0.1) is 30.9 Å². The Kier molecular flexibility index (Phi) is 3.85. The molecule has 2 aromatic heterocycles. The number of fused-ring (bicyclic) bond motifs is 7. The molecule has 0 radical (unpaired) electrons. The Morgan fingerprint density at radius 3 is 2.18 bits per heavy atom. The summed E-state index contributed by atoms with van der Waals surface area (Å²) in [4.78, 5) is 1.63. The third-order valence-electron chi connectivity index (χ3n) is 8.52. The van der Waals surface area contributed by atoms with Crippen molar-refractivity contribution in [3.8, 4) is 22.3 Å². The summed E-state index contributed by atoms with van der Waals surface area (Å²) in [7, 11) is 0. The predicted molar refractivity (Wildman–Crippen MR) is 210 cm³/mol. The van der Waals surface area contributed by atoms with E-state index in [1.54, 1.807) is 17.0 Å². The lowest BCUT2D eigenvalue weighted by molar-refractivity contribution is 0.669. The minimum atomic E-state index is -0.798. The largest absolute Gasteiger partial charge is 0.456 e. The molecule has 0 N–H and O–H groups in total. The zero-order valence-electron chi connectivity index (χ0n) is 40.3. The molecule has 0 aliphatic heterocycles. The Labute approximate surface area is 308 Å². The Morgan fingerprint density at radius 2 is 1.29 bits per heavy atom. The highest BCUT2D eigenvalue weighted by Crippen LogP contribution is 2.46. The summed E-state index contributed by atoms with van der Waals surface area (Å²) in [5.74, 6) is 0. The second-order valence-corrected chi connectivity index (χ2v) is 12.4. The van der Waals surface area contributed by atoms with Gasteiger partial charge in [-0.1, -0.05) is 121 Å². The van der Waals surface area contributed by atoms with Crippen LogP contribution in [0.3, 0.4) is 0 Å². The summed E-state index contributed by atoms with van der Waals surface area (Å²) >= 11 is 1.50. The van der Waals surface area contributed by atoms with Crippen molar-refractivity contribution in [2.24, 2.45) is 0 Å². The van der Waals surface area contributed by atoms with Crippen LogP contribution in [0, 0.1) is 0 Å². The highest BCUT2D eigenvalue weighted by atomic mass is 32.1. The van der Waals surface area contributed by atoms with Gasteiger partial charge in [-0.15, -0.1) is 11.3 Å². The van der Waals surface area contributed by atoms with Gasteiger partial charge in [0.1, 0.15) is 11.2 Å². The Hall–Kier alpha value is -6.16. The normalized spacial score (nSPS) is 16.0. The molecule has 0 saturated heterocycles. The van der Waals surface area contributed by atoms with Crippen molar-refractivity contribution in [3.05, 3.63) is 176 Å². The Balaban J connectivity index is 1.26. The van der Waals surface area contributed by atoms with Crippen LogP contribution in [0.1, 0.15) is 20.6 Å². The Bertz CT molecular complexity index is 3650. The van der Waals surface area contributed by atoms with E-state index < -0.39 is 124 Å². The minimum absolute atomic E-state index is 0.166. The molecule has 2 heterocycles. The fraction of sp³-hybridized carbons (Fsp3) is 0. The zero-order valence-corrected chi connectivity index (χ0v) is 26.2. The number of nitrogens with zero attached hydrogens (tertiary/aromatic N) is 1. The van der Waals surface area contributed by atoms with Gasteiger partial charge in [-0.05, 0) is 81.5 Å². The zero-order chi connectivity index (χ0) is 45.4. The molecule has 230 valence electrons. The van der Waals surface area contributed by atoms with Gasteiger partial charge < -0.3 is 9.32 Å². The third-order valence-corrected chi connectivity index (χ3v) is 9.73. The summed E-state index contributed by atoms with van der Waals surface area (Å²) in [6.07, 6.45) is 0. The average molecular weight is 659 g/mol. The number of hydrogen-bond donors (Lipinski definition) is 0. The van der Waals surface area contributed by atoms with Crippen LogP contribution in [0.15, 0.2) is 180 Å². The van der Waals surface area contributed by atoms with Crippen LogP contribution in [-0.4, -0.2) is 0 Å². The van der Waals surface area contributed by atoms with E-state index in [4.69, 9.17) is 15.4 Å². The molecule has 0 aliphatic rings. The molecule has 0 spiro atoms. The predicted octanol–water partition coefficient (Wildman–Crippen LogP) is 13.9. The van der Waals surface area contributed by atoms with E-state index in [0.29, 0.717) is 22.5 Å². The van der Waals surface area contributed by atoms with Crippen LogP contribution in [0.5, 0.6) is 0 Å². The first-order valence-corrected chi connectivity index (χ1v) is 16.2. The van der Waals surface area contributed by atoms with Gasteiger partial charge in [0, 0.05) is 43.7 Å². The molecule has 10 aromatic rings. The molecule has 0 unspecified atom stereocenters. The summed E-state index contributed by atoms with van der Waals surface area (Å²) in [6, 6.07) is 15.6. The Morgan fingerprint density at radius 1 is 0.510 bits per heavy atom. The fourth-order valence-electron chi connectivity index (χ4n) is 6.29. The van der Waals surface area contributed by atoms with Gasteiger partial charge in [0.2, 0.25) is 0 Å². The van der Waals surface area contributed by atoms with Crippen molar-refractivity contribution < 1.29 is 25.0 Å². The van der Waals surface area contributed by atoms with Crippen LogP contribution < -0.4 is 4.90 Å². The first kappa shape index (κ1) is 16.8. The van der Waals surface area contributed by atoms with Crippen LogP contribution >= 0.6 is 11.3 Å². The molecule has 0 fully saturated rings. The van der Waals surface area contributed by atoms with E-state index in [1.807, 2.05) is 72.8 Å². The molecular formula is C46H29NOS. The number of anilines is 3. The lowest BCUT2D eigenvalue weighted by Crippen LogP contribution is -2.10. The van der Waals surface area contributed by atoms with Crippen molar-refractivity contribution in [2.75, 3.05) is 4.90 Å². The molecule has 2 nitrogen and oxygen atoms in total. The lowest BCUT2D eigenvalue weighted by atomic mass is 9.95. The van der Waals surface area contributed by atoms with Gasteiger partial charge in [-0.3, -0.25) is 0 Å². The van der Waals surface area contributed by atoms with Crippen LogP contribution in [0.25, 0.3) is 75.1 Å². The quantitative estimate of drug-likeness (QED) is 0.183. The number of para-hydroxylation sites is 1. The summed E-state index contributed by atoms with van der Waals surface area (Å²) < 4.78 is 142. The summed E-state index contributed by atoms with van der Waals surface area (Å²) in [5, 5.41) is 2.60. The van der Waals surface area contributed by atoms with Crippen molar-refractivity contribution in [2.45, 2.75) is 0 Å². The molecule has 0 bridgehead atoms. The number of thiophene rings is 1. The fourth-order valence-corrected chi connectivity index (χ4v) is 7.49. The van der Waals surface area contributed by atoms with Crippen LogP contribution in [0.2, 0.25) is 0 Å². The van der Waals surface area contributed by atoms with Gasteiger partial charge >= 0.3 is 0 Å². The minimum Gasteiger partial charge on any atom is -0.456 e. The number of hydrogen-bond acceptors (Lipinski definition) is 3. The molecule has 3 heteroatoms. The first-order valence-electron chi connectivity index (χ1n) is 22.9. The van der Waals surface area contributed by atoms with Gasteiger partial charge in [-0.25, -0.2) is 0 Å². The van der Waals surface area contributed by atoms with E-state index in [2.05, 4.69) is 0 Å². The van der Waals surface area contributed by atoms with E-state index in [-0.39, 0.29) is 5.69 Å². The van der Waals surface area contributed by atoms with E-state index >= 15 is 0 Å². The standard InChI is InChI=1S/C46H29NOS/c1-2-10-31(11-3-1)36-15-8-12-33-28-32(22-26-37(33)36)30-20-23-34(24-21-30)47(35-25-27-39-38-13-4-6-18-43(38)48-44(39)29-35)42-17-9-16-41-40-14-5-7-19-45(40)49-46(41)42/h1-29H/i1D,2D,3D,8D,10D,11D,12D,15D,20D,21D,22D,23D,24D,26D,28D. The number of furan rings is 1. The topological polar surface area (TPSA) is 16.4 Å². The first-order chi connectivity index (χ1) is 30.5. The second-order valence-electron chi connectivity index (χ2n) is 11.3. The monoisotopic (exact) mass is 658 g/mol. The molecule has 0 aliphatic carbocycles. The molecule has 8 aromatic carbocycles. The molecular weight excluding hydrogens is 615 g/mol. The van der Waals surface area contributed by atoms with Crippen molar-refractivity contribution >= 4 is 81.3 Å². The van der Waals surface area contributed by atoms with Crippen LogP contribution in [0.4, 0.5) is 17.1 Å². The van der Waals surface area contributed by atoms with Crippen LogP contribution in [-0.2, 0) is 0 Å². The molecule has 49 heavy (non-hydrogen) atoms. The highest BCUT2D eigenvalue weighted by Gasteiger charge is 2.20. The van der Waals surface area contributed by atoms with Crippen molar-refractivity contribution in [1.82, 2.24) is 0 Å². The smallest absolute Gasteiger partial charge is 0.137 e. The van der Waals surface area contributed by atoms with Gasteiger partial charge in [0.25, 0.3) is 0 Å². The van der Waals surface area contributed by atoms with E-state index in [9.17, 15) is 9.60 Å². The number of rotatable bonds is 5.